The molecule has 0 radical (unpaired) electrons. The third kappa shape index (κ3) is 3.71. The minimum atomic E-state index is -0.919. The van der Waals surface area contributed by atoms with Crippen molar-refractivity contribution in [1.82, 2.24) is 9.78 Å². The van der Waals surface area contributed by atoms with Gasteiger partial charge in [-0.05, 0) is 30.3 Å². The fourth-order valence-electron chi connectivity index (χ4n) is 3.21. The molecule has 0 unspecified atom stereocenters. The number of hydrogen-bond acceptors (Lipinski definition) is 7. The molecule has 1 atom stereocenters. The minimum absolute atomic E-state index is 0.199. The van der Waals surface area contributed by atoms with Crippen LogP contribution >= 0.6 is 0 Å². The van der Waals surface area contributed by atoms with Gasteiger partial charge >= 0.3 is 11.9 Å². The lowest BCUT2D eigenvalue weighted by Crippen LogP contribution is -2.22. The molecule has 1 aliphatic rings. The van der Waals surface area contributed by atoms with Crippen molar-refractivity contribution in [3.8, 4) is 28.4 Å². The van der Waals surface area contributed by atoms with E-state index in [0.717, 1.165) is 5.69 Å². The maximum atomic E-state index is 13.0. The summed E-state index contributed by atoms with van der Waals surface area (Å²) < 4.78 is 22.7. The van der Waals surface area contributed by atoms with Gasteiger partial charge in [-0.3, -0.25) is 0 Å². The average molecular weight is 408 g/mol. The number of ether oxygens (including phenoxy) is 4. The van der Waals surface area contributed by atoms with Crippen molar-refractivity contribution in [2.75, 3.05) is 20.8 Å². The van der Waals surface area contributed by atoms with Crippen LogP contribution in [0.25, 0.3) is 16.9 Å². The predicted molar refractivity (Wildman–Crippen MR) is 107 cm³/mol. The van der Waals surface area contributed by atoms with Crippen LogP contribution < -0.4 is 9.47 Å². The molecule has 0 saturated carbocycles. The Bertz CT molecular complexity index is 1080. The molecule has 154 valence electrons. The van der Waals surface area contributed by atoms with Gasteiger partial charge in [-0.2, -0.15) is 5.10 Å². The Balaban J connectivity index is 1.81. The summed E-state index contributed by atoms with van der Waals surface area (Å²) in [6.45, 7) is 0.233. The number of aromatic nitrogens is 2. The van der Waals surface area contributed by atoms with E-state index < -0.39 is 18.0 Å². The number of benzene rings is 2. The molecule has 30 heavy (non-hydrogen) atoms. The maximum Gasteiger partial charge on any atom is 0.347 e. The molecule has 1 fully saturated rings. The van der Waals surface area contributed by atoms with E-state index in [1.165, 1.54) is 7.11 Å². The van der Waals surface area contributed by atoms with Gasteiger partial charge in [-0.25, -0.2) is 14.3 Å². The Morgan fingerprint density at radius 2 is 1.93 bits per heavy atom. The molecule has 0 bridgehead atoms. The molecule has 0 amide bonds. The van der Waals surface area contributed by atoms with E-state index in [9.17, 15) is 9.59 Å². The fraction of sp³-hybridized carbons (Fsp3) is 0.227. The van der Waals surface area contributed by atoms with Crippen molar-refractivity contribution < 1.29 is 28.5 Å². The van der Waals surface area contributed by atoms with Gasteiger partial charge in [-0.1, -0.05) is 18.2 Å². The highest BCUT2D eigenvalue weighted by Crippen LogP contribution is 2.35. The first kappa shape index (κ1) is 19.5. The number of carbonyl (C=O) groups excluding carboxylic acids is 2. The zero-order valence-electron chi connectivity index (χ0n) is 16.5. The van der Waals surface area contributed by atoms with E-state index in [0.29, 0.717) is 29.2 Å². The number of nitrogens with zero attached hydrogens (tertiary/aromatic N) is 2. The van der Waals surface area contributed by atoms with E-state index in [2.05, 4.69) is 5.10 Å². The van der Waals surface area contributed by atoms with E-state index in [4.69, 9.17) is 18.9 Å². The van der Waals surface area contributed by atoms with Gasteiger partial charge in [0.1, 0.15) is 22.8 Å². The number of methoxy groups -OCH3 is 2. The first-order valence-electron chi connectivity index (χ1n) is 9.36. The van der Waals surface area contributed by atoms with Crippen molar-refractivity contribution >= 4 is 11.9 Å². The molecule has 1 aromatic heterocycles. The SMILES string of the molecule is COc1ccc(OC)c(-c2nn(-c3ccccc3)cc2C(=O)O[C@@H]2CCOC2=O)c1. The minimum Gasteiger partial charge on any atom is -0.497 e. The van der Waals surface area contributed by atoms with Gasteiger partial charge in [-0.15, -0.1) is 0 Å². The summed E-state index contributed by atoms with van der Waals surface area (Å²) in [6, 6.07) is 14.6. The standard InChI is InChI=1S/C22H20N2O6/c1-27-15-8-9-18(28-2)16(12-15)20-17(21(25)30-19-10-11-29-22(19)26)13-24(23-20)14-6-4-3-5-7-14/h3-9,12-13,19H,10-11H2,1-2H3/t19-/m1/s1. The number of para-hydroxylation sites is 1. The summed E-state index contributed by atoms with van der Waals surface area (Å²) in [5, 5.41) is 4.61. The van der Waals surface area contributed by atoms with Gasteiger partial charge in [0, 0.05) is 18.2 Å². The molecule has 4 rings (SSSR count). The topological polar surface area (TPSA) is 88.9 Å². The monoisotopic (exact) mass is 408 g/mol. The number of hydrogen-bond donors (Lipinski definition) is 0. The largest absolute Gasteiger partial charge is 0.497 e. The molecule has 0 spiro atoms. The van der Waals surface area contributed by atoms with Gasteiger partial charge in [0.2, 0.25) is 6.10 Å². The first-order chi connectivity index (χ1) is 14.6. The van der Waals surface area contributed by atoms with Crippen LogP contribution in [0.5, 0.6) is 11.5 Å². The zero-order chi connectivity index (χ0) is 21.1. The van der Waals surface area contributed by atoms with Crippen LogP contribution in [0.1, 0.15) is 16.8 Å². The molecule has 2 heterocycles. The molecule has 1 saturated heterocycles. The van der Waals surface area contributed by atoms with E-state index in [1.807, 2.05) is 30.3 Å². The van der Waals surface area contributed by atoms with Crippen LogP contribution in [-0.2, 0) is 14.3 Å². The molecular formula is C22H20N2O6. The normalized spacial score (nSPS) is 15.5. The fourth-order valence-corrected chi connectivity index (χ4v) is 3.21. The summed E-state index contributed by atoms with van der Waals surface area (Å²) in [6.07, 6.45) is 0.985. The van der Waals surface area contributed by atoms with Crippen molar-refractivity contribution in [3.05, 3.63) is 60.3 Å². The average Bonchev–Trinajstić information content (AvgIpc) is 3.40. The third-order valence-electron chi connectivity index (χ3n) is 4.75. The Labute approximate surface area is 172 Å². The molecule has 8 nitrogen and oxygen atoms in total. The summed E-state index contributed by atoms with van der Waals surface area (Å²) in [5.74, 6) is -0.109. The van der Waals surface area contributed by atoms with E-state index in [-0.39, 0.29) is 12.2 Å². The van der Waals surface area contributed by atoms with Crippen LogP contribution in [0.2, 0.25) is 0 Å². The van der Waals surface area contributed by atoms with Crippen LogP contribution in [-0.4, -0.2) is 48.6 Å². The number of esters is 2. The van der Waals surface area contributed by atoms with Gasteiger partial charge in [0.15, 0.2) is 0 Å². The van der Waals surface area contributed by atoms with Gasteiger partial charge in [0.25, 0.3) is 0 Å². The van der Waals surface area contributed by atoms with Crippen molar-refractivity contribution in [3.63, 3.8) is 0 Å². The van der Waals surface area contributed by atoms with Crippen LogP contribution in [0.4, 0.5) is 0 Å². The van der Waals surface area contributed by atoms with Gasteiger partial charge in [0.05, 0.1) is 26.5 Å². The molecule has 3 aromatic rings. The van der Waals surface area contributed by atoms with Crippen molar-refractivity contribution in [2.24, 2.45) is 0 Å². The lowest BCUT2D eigenvalue weighted by molar-refractivity contribution is -0.145. The highest BCUT2D eigenvalue weighted by molar-refractivity contribution is 5.98. The van der Waals surface area contributed by atoms with E-state index in [1.54, 1.807) is 36.2 Å². The molecule has 1 aliphatic heterocycles. The molecule has 2 aromatic carbocycles. The summed E-state index contributed by atoms with van der Waals surface area (Å²) >= 11 is 0. The second kappa shape index (κ2) is 8.28. The van der Waals surface area contributed by atoms with Gasteiger partial charge < -0.3 is 18.9 Å². The maximum absolute atomic E-state index is 13.0. The number of cyclic esters (lactones) is 1. The Morgan fingerprint density at radius 3 is 2.60 bits per heavy atom. The van der Waals surface area contributed by atoms with Crippen molar-refractivity contribution in [1.29, 1.82) is 0 Å². The lowest BCUT2D eigenvalue weighted by atomic mass is 10.1. The van der Waals surface area contributed by atoms with Crippen LogP contribution in [0.3, 0.4) is 0 Å². The molecular weight excluding hydrogens is 388 g/mol. The van der Waals surface area contributed by atoms with Crippen LogP contribution in [0.15, 0.2) is 54.7 Å². The third-order valence-corrected chi connectivity index (χ3v) is 4.75. The molecule has 0 aliphatic carbocycles. The molecule has 0 N–H and O–H groups in total. The zero-order valence-corrected chi connectivity index (χ0v) is 16.5. The van der Waals surface area contributed by atoms with Crippen LogP contribution in [0, 0.1) is 0 Å². The Kier molecular flexibility index (Phi) is 5.38. The summed E-state index contributed by atoms with van der Waals surface area (Å²) in [5.41, 5.74) is 1.88. The highest BCUT2D eigenvalue weighted by Gasteiger charge is 2.32. The quantitative estimate of drug-likeness (QED) is 0.579. The predicted octanol–water partition coefficient (Wildman–Crippen LogP) is 3.03. The second-order valence-electron chi connectivity index (χ2n) is 6.59. The Hall–Kier alpha value is -3.81. The number of carbonyl (C=O) groups is 2. The highest BCUT2D eigenvalue weighted by atomic mass is 16.6. The second-order valence-corrected chi connectivity index (χ2v) is 6.59. The Morgan fingerprint density at radius 1 is 1.13 bits per heavy atom. The summed E-state index contributed by atoms with van der Waals surface area (Å²) in [4.78, 5) is 24.7. The van der Waals surface area contributed by atoms with Crippen molar-refractivity contribution in [2.45, 2.75) is 12.5 Å². The smallest absolute Gasteiger partial charge is 0.347 e. The van der Waals surface area contributed by atoms with E-state index >= 15 is 0 Å². The molecule has 8 heteroatoms. The summed E-state index contributed by atoms with van der Waals surface area (Å²) in [7, 11) is 3.08. The number of rotatable bonds is 6. The first-order valence-corrected chi connectivity index (χ1v) is 9.36. The lowest BCUT2D eigenvalue weighted by Gasteiger charge is -2.11.